The SMILES string of the molecule is O=C1N=Cc2cccc(Nc3cccc(-c4nncn4[C@@H]4CCOC4)n3)c21. The van der Waals surface area contributed by atoms with Crippen LogP contribution in [0.15, 0.2) is 47.7 Å². The molecule has 0 unspecified atom stereocenters. The minimum Gasteiger partial charge on any atom is -0.379 e. The van der Waals surface area contributed by atoms with Crippen molar-refractivity contribution in [1.82, 2.24) is 19.7 Å². The molecule has 1 aromatic carbocycles. The molecule has 0 radical (unpaired) electrons. The first-order chi connectivity index (χ1) is 13.3. The molecule has 2 aliphatic rings. The number of pyridine rings is 1. The first-order valence-corrected chi connectivity index (χ1v) is 8.73. The standard InChI is InChI=1S/C19H16N6O2/c26-19-17-12(9-20-19)3-1-4-14(17)22-16-6-2-5-15(23-16)18-24-21-11-25(18)13-7-8-27-10-13/h1-6,9,11,13H,7-8,10H2,(H,22,23)/t13-/m1/s1. The van der Waals surface area contributed by atoms with Gasteiger partial charge >= 0.3 is 0 Å². The van der Waals surface area contributed by atoms with Crippen LogP contribution in [0.25, 0.3) is 11.5 Å². The molecule has 8 heteroatoms. The van der Waals surface area contributed by atoms with Crippen molar-refractivity contribution in [3.63, 3.8) is 0 Å². The molecular weight excluding hydrogens is 344 g/mol. The topological polar surface area (TPSA) is 94.3 Å². The van der Waals surface area contributed by atoms with Gasteiger partial charge < -0.3 is 14.6 Å². The maximum atomic E-state index is 12.0. The Bertz CT molecular complexity index is 1050. The number of amides is 1. The van der Waals surface area contributed by atoms with Crippen molar-refractivity contribution in [3.8, 4) is 11.5 Å². The number of hydrogen-bond acceptors (Lipinski definition) is 6. The van der Waals surface area contributed by atoms with Crippen LogP contribution in [0.4, 0.5) is 11.5 Å². The number of aliphatic imine (C=N–C) groups is 1. The maximum absolute atomic E-state index is 12.0. The Labute approximate surface area is 154 Å². The molecule has 1 fully saturated rings. The van der Waals surface area contributed by atoms with Gasteiger partial charge in [0.05, 0.1) is 23.9 Å². The maximum Gasteiger partial charge on any atom is 0.279 e. The molecule has 134 valence electrons. The average Bonchev–Trinajstić information content (AvgIpc) is 3.43. The van der Waals surface area contributed by atoms with E-state index in [1.807, 2.05) is 41.0 Å². The van der Waals surface area contributed by atoms with Gasteiger partial charge in [-0.2, -0.15) is 0 Å². The fraction of sp³-hybridized carbons (Fsp3) is 0.211. The van der Waals surface area contributed by atoms with Gasteiger partial charge in [0.1, 0.15) is 17.8 Å². The predicted molar refractivity (Wildman–Crippen MR) is 99.4 cm³/mol. The number of carbonyl (C=O) groups is 1. The number of ether oxygens (including phenoxy) is 1. The highest BCUT2D eigenvalue weighted by molar-refractivity contribution is 6.16. The summed E-state index contributed by atoms with van der Waals surface area (Å²) >= 11 is 0. The molecule has 27 heavy (non-hydrogen) atoms. The van der Waals surface area contributed by atoms with Crippen LogP contribution in [0.2, 0.25) is 0 Å². The monoisotopic (exact) mass is 360 g/mol. The quantitative estimate of drug-likeness (QED) is 0.769. The Hall–Kier alpha value is -3.39. The summed E-state index contributed by atoms with van der Waals surface area (Å²) in [5, 5.41) is 11.5. The van der Waals surface area contributed by atoms with Gasteiger partial charge in [0.2, 0.25) is 0 Å². The Morgan fingerprint density at radius 3 is 3.00 bits per heavy atom. The minimum absolute atomic E-state index is 0.223. The van der Waals surface area contributed by atoms with E-state index in [2.05, 4.69) is 25.5 Å². The van der Waals surface area contributed by atoms with Gasteiger partial charge in [-0.1, -0.05) is 18.2 Å². The Morgan fingerprint density at radius 2 is 2.11 bits per heavy atom. The van der Waals surface area contributed by atoms with Crippen LogP contribution in [0.3, 0.4) is 0 Å². The number of benzene rings is 1. The van der Waals surface area contributed by atoms with Crippen molar-refractivity contribution in [2.75, 3.05) is 18.5 Å². The molecule has 2 aliphatic heterocycles. The number of rotatable bonds is 4. The molecule has 0 aliphatic carbocycles. The van der Waals surface area contributed by atoms with Gasteiger partial charge in [-0.3, -0.25) is 4.79 Å². The van der Waals surface area contributed by atoms with Gasteiger partial charge in [-0.15, -0.1) is 10.2 Å². The molecule has 2 aromatic heterocycles. The molecule has 3 aromatic rings. The lowest BCUT2D eigenvalue weighted by atomic mass is 10.1. The van der Waals surface area contributed by atoms with E-state index >= 15 is 0 Å². The smallest absolute Gasteiger partial charge is 0.279 e. The van der Waals surface area contributed by atoms with E-state index in [-0.39, 0.29) is 11.9 Å². The number of hydrogen-bond donors (Lipinski definition) is 1. The Balaban J connectivity index is 1.47. The van der Waals surface area contributed by atoms with Gasteiger partial charge in [0.15, 0.2) is 5.82 Å². The first-order valence-electron chi connectivity index (χ1n) is 8.73. The molecule has 0 saturated carbocycles. The predicted octanol–water partition coefficient (Wildman–Crippen LogP) is 2.62. The third-order valence-corrected chi connectivity index (χ3v) is 4.74. The Morgan fingerprint density at radius 1 is 1.19 bits per heavy atom. The van der Waals surface area contributed by atoms with Crippen LogP contribution in [-0.4, -0.2) is 45.1 Å². The van der Waals surface area contributed by atoms with Crippen LogP contribution >= 0.6 is 0 Å². The second kappa shape index (κ2) is 6.40. The molecule has 1 amide bonds. The summed E-state index contributed by atoms with van der Waals surface area (Å²) in [5.41, 5.74) is 2.77. The largest absolute Gasteiger partial charge is 0.379 e. The number of aromatic nitrogens is 4. The van der Waals surface area contributed by atoms with Crippen molar-refractivity contribution >= 4 is 23.6 Å². The summed E-state index contributed by atoms with van der Waals surface area (Å²) in [6.45, 7) is 1.40. The highest BCUT2D eigenvalue weighted by atomic mass is 16.5. The van der Waals surface area contributed by atoms with Crippen LogP contribution < -0.4 is 5.32 Å². The molecule has 1 saturated heterocycles. The zero-order valence-corrected chi connectivity index (χ0v) is 14.4. The van der Waals surface area contributed by atoms with Crippen molar-refractivity contribution < 1.29 is 9.53 Å². The van der Waals surface area contributed by atoms with Crippen molar-refractivity contribution in [2.24, 2.45) is 4.99 Å². The highest BCUT2D eigenvalue weighted by Crippen LogP contribution is 2.28. The molecule has 0 bridgehead atoms. The van der Waals surface area contributed by atoms with E-state index in [0.29, 0.717) is 35.2 Å². The third-order valence-electron chi connectivity index (χ3n) is 4.74. The number of nitrogens with one attached hydrogen (secondary N) is 1. The van der Waals surface area contributed by atoms with Gasteiger partial charge in [-0.05, 0) is 24.6 Å². The normalized spacial score (nSPS) is 18.1. The van der Waals surface area contributed by atoms with Crippen LogP contribution in [0.1, 0.15) is 28.4 Å². The lowest BCUT2D eigenvalue weighted by Gasteiger charge is -2.13. The lowest BCUT2D eigenvalue weighted by molar-refractivity contribution is 0.101. The van der Waals surface area contributed by atoms with Crippen molar-refractivity contribution in [3.05, 3.63) is 53.9 Å². The Kier molecular flexibility index (Phi) is 3.75. The third kappa shape index (κ3) is 2.80. The summed E-state index contributed by atoms with van der Waals surface area (Å²) in [4.78, 5) is 20.6. The number of carbonyl (C=O) groups excluding carboxylic acids is 1. The number of nitrogens with zero attached hydrogens (tertiary/aromatic N) is 5. The van der Waals surface area contributed by atoms with E-state index in [0.717, 1.165) is 18.6 Å². The molecule has 5 rings (SSSR count). The molecule has 8 nitrogen and oxygen atoms in total. The summed E-state index contributed by atoms with van der Waals surface area (Å²) in [7, 11) is 0. The van der Waals surface area contributed by atoms with Crippen LogP contribution in [0.5, 0.6) is 0 Å². The second-order valence-corrected chi connectivity index (χ2v) is 6.45. The van der Waals surface area contributed by atoms with E-state index < -0.39 is 0 Å². The first kappa shape index (κ1) is 15.8. The lowest BCUT2D eigenvalue weighted by Crippen LogP contribution is -2.10. The van der Waals surface area contributed by atoms with Crippen LogP contribution in [0, 0.1) is 0 Å². The van der Waals surface area contributed by atoms with E-state index in [1.165, 1.54) is 0 Å². The van der Waals surface area contributed by atoms with E-state index in [4.69, 9.17) is 4.74 Å². The van der Waals surface area contributed by atoms with Gasteiger partial charge in [0, 0.05) is 18.4 Å². The summed E-state index contributed by atoms with van der Waals surface area (Å²) in [5.74, 6) is 1.08. The van der Waals surface area contributed by atoms with Crippen LogP contribution in [-0.2, 0) is 4.74 Å². The molecule has 1 atom stereocenters. The highest BCUT2D eigenvalue weighted by Gasteiger charge is 2.23. The number of anilines is 2. The van der Waals surface area contributed by atoms with E-state index in [9.17, 15) is 4.79 Å². The van der Waals surface area contributed by atoms with Gasteiger partial charge in [0.25, 0.3) is 5.91 Å². The minimum atomic E-state index is -0.245. The molecular formula is C19H16N6O2. The average molecular weight is 360 g/mol. The van der Waals surface area contributed by atoms with Crippen molar-refractivity contribution in [1.29, 1.82) is 0 Å². The fourth-order valence-corrected chi connectivity index (χ4v) is 3.41. The molecule has 4 heterocycles. The zero-order chi connectivity index (χ0) is 18.2. The second-order valence-electron chi connectivity index (χ2n) is 6.45. The fourth-order valence-electron chi connectivity index (χ4n) is 3.41. The van der Waals surface area contributed by atoms with Crippen molar-refractivity contribution in [2.45, 2.75) is 12.5 Å². The van der Waals surface area contributed by atoms with E-state index in [1.54, 1.807) is 12.5 Å². The molecule has 1 N–H and O–H groups in total. The number of fused-ring (bicyclic) bond motifs is 1. The summed E-state index contributed by atoms with van der Waals surface area (Å²) < 4.78 is 7.48. The zero-order valence-electron chi connectivity index (χ0n) is 14.4. The molecule has 0 spiro atoms. The summed E-state index contributed by atoms with van der Waals surface area (Å²) in [6, 6.07) is 11.5. The van der Waals surface area contributed by atoms with Gasteiger partial charge in [-0.25, -0.2) is 9.98 Å². The summed E-state index contributed by atoms with van der Waals surface area (Å²) in [6.07, 6.45) is 4.23.